The lowest BCUT2D eigenvalue weighted by molar-refractivity contribution is -0.145. The van der Waals surface area contributed by atoms with E-state index in [1.807, 2.05) is 6.92 Å². The van der Waals surface area contributed by atoms with Crippen LogP contribution in [0.3, 0.4) is 0 Å². The molecule has 0 spiro atoms. The van der Waals surface area contributed by atoms with E-state index < -0.39 is 39.1 Å². The molecule has 1 fully saturated rings. The smallest absolute Gasteiger partial charge is 0.313 e. The third-order valence-electron chi connectivity index (χ3n) is 3.79. The predicted octanol–water partition coefficient (Wildman–Crippen LogP) is 0.878. The Morgan fingerprint density at radius 1 is 1.39 bits per heavy atom. The lowest BCUT2D eigenvalue weighted by Gasteiger charge is -2.21. The third-order valence-corrected chi connectivity index (χ3v) is 5.38. The number of hydrazine groups is 1. The van der Waals surface area contributed by atoms with Crippen molar-refractivity contribution in [2.75, 3.05) is 11.8 Å². The first kappa shape index (κ1) is 17.6. The molecule has 1 saturated heterocycles. The summed E-state index contributed by atoms with van der Waals surface area (Å²) in [7, 11) is -2.86. The molecule has 9 heteroatoms. The molecule has 0 aliphatic carbocycles. The molecular formula is C14H20FN3O4S. The standard InChI is InChI=1S/C14H20FN3O4S/c1-4-10-12(14(19)22-3)13(17-16-10)23(20,21)18-11-7-8(2)5-6-9(11)15/h5-7,10,12-13,16-18H,4H2,1-3H3. The fourth-order valence-corrected chi connectivity index (χ4v) is 4.06. The number of anilines is 1. The second kappa shape index (κ2) is 6.81. The summed E-state index contributed by atoms with van der Waals surface area (Å²) in [5.74, 6) is -2.27. The molecule has 1 aromatic carbocycles. The van der Waals surface area contributed by atoms with Crippen molar-refractivity contribution in [3.05, 3.63) is 29.6 Å². The van der Waals surface area contributed by atoms with Crippen LogP contribution in [-0.4, -0.2) is 32.9 Å². The Balaban J connectivity index is 2.31. The molecule has 2 rings (SSSR count). The van der Waals surface area contributed by atoms with E-state index in [-0.39, 0.29) is 5.69 Å². The highest BCUT2D eigenvalue weighted by Gasteiger charge is 2.48. The van der Waals surface area contributed by atoms with Crippen molar-refractivity contribution in [3.63, 3.8) is 0 Å². The van der Waals surface area contributed by atoms with E-state index in [9.17, 15) is 17.6 Å². The SMILES string of the molecule is CCC1NNC(S(=O)(=O)Nc2cc(C)ccc2F)C1C(=O)OC. The molecule has 1 heterocycles. The first-order chi connectivity index (χ1) is 10.8. The summed E-state index contributed by atoms with van der Waals surface area (Å²) in [5.41, 5.74) is 5.92. The van der Waals surface area contributed by atoms with Gasteiger partial charge in [0.05, 0.1) is 12.8 Å². The molecule has 0 amide bonds. The molecule has 23 heavy (non-hydrogen) atoms. The van der Waals surface area contributed by atoms with E-state index in [1.54, 1.807) is 6.92 Å². The van der Waals surface area contributed by atoms with Crippen LogP contribution in [0.1, 0.15) is 18.9 Å². The highest BCUT2D eigenvalue weighted by atomic mass is 32.2. The van der Waals surface area contributed by atoms with Gasteiger partial charge in [0.25, 0.3) is 10.0 Å². The largest absolute Gasteiger partial charge is 0.469 e. The molecule has 3 unspecified atom stereocenters. The van der Waals surface area contributed by atoms with Gasteiger partial charge >= 0.3 is 5.97 Å². The molecule has 0 saturated carbocycles. The number of carbonyl (C=O) groups excluding carboxylic acids is 1. The van der Waals surface area contributed by atoms with Gasteiger partial charge in [-0.15, -0.1) is 0 Å². The van der Waals surface area contributed by atoms with Gasteiger partial charge in [0.15, 0.2) is 5.37 Å². The van der Waals surface area contributed by atoms with Crippen LogP contribution in [0, 0.1) is 18.7 Å². The Labute approximate surface area is 134 Å². The van der Waals surface area contributed by atoms with Crippen LogP contribution in [0.15, 0.2) is 18.2 Å². The summed E-state index contributed by atoms with van der Waals surface area (Å²) >= 11 is 0. The van der Waals surface area contributed by atoms with Crippen molar-refractivity contribution < 1.29 is 22.3 Å². The molecule has 0 aromatic heterocycles. The quantitative estimate of drug-likeness (QED) is 0.686. The van der Waals surface area contributed by atoms with Crippen molar-refractivity contribution in [1.29, 1.82) is 0 Å². The zero-order valence-corrected chi connectivity index (χ0v) is 13.9. The van der Waals surface area contributed by atoms with Crippen molar-refractivity contribution >= 4 is 21.7 Å². The molecule has 1 aromatic rings. The van der Waals surface area contributed by atoms with E-state index in [0.717, 1.165) is 0 Å². The first-order valence-electron chi connectivity index (χ1n) is 7.16. The number of benzene rings is 1. The first-order valence-corrected chi connectivity index (χ1v) is 8.71. The molecule has 0 bridgehead atoms. The zero-order chi connectivity index (χ0) is 17.2. The van der Waals surface area contributed by atoms with Crippen molar-refractivity contribution in [1.82, 2.24) is 10.9 Å². The van der Waals surface area contributed by atoms with Gasteiger partial charge in [0.1, 0.15) is 11.7 Å². The average molecular weight is 345 g/mol. The summed E-state index contributed by atoms with van der Waals surface area (Å²) in [4.78, 5) is 11.9. The van der Waals surface area contributed by atoms with Gasteiger partial charge in [-0.3, -0.25) is 14.9 Å². The Morgan fingerprint density at radius 2 is 2.09 bits per heavy atom. The summed E-state index contributed by atoms with van der Waals surface area (Å²) in [6, 6.07) is 3.71. The van der Waals surface area contributed by atoms with Crippen LogP contribution in [-0.2, 0) is 19.6 Å². The number of methoxy groups -OCH3 is 1. The maximum absolute atomic E-state index is 13.8. The minimum atomic E-state index is -4.06. The van der Waals surface area contributed by atoms with E-state index in [4.69, 9.17) is 4.74 Å². The number of hydrogen-bond donors (Lipinski definition) is 3. The highest BCUT2D eigenvalue weighted by molar-refractivity contribution is 7.93. The van der Waals surface area contributed by atoms with Gasteiger partial charge in [0.2, 0.25) is 0 Å². The molecule has 7 nitrogen and oxygen atoms in total. The third kappa shape index (κ3) is 3.62. The van der Waals surface area contributed by atoms with Gasteiger partial charge in [-0.1, -0.05) is 13.0 Å². The second-order valence-corrected chi connectivity index (χ2v) is 7.21. The number of esters is 1. The van der Waals surface area contributed by atoms with Gasteiger partial charge in [-0.05, 0) is 31.0 Å². The van der Waals surface area contributed by atoms with Crippen LogP contribution < -0.4 is 15.6 Å². The Hall–Kier alpha value is -1.71. The number of rotatable bonds is 5. The number of aryl methyl sites for hydroxylation is 1. The van der Waals surface area contributed by atoms with Gasteiger partial charge in [-0.2, -0.15) is 0 Å². The van der Waals surface area contributed by atoms with Gasteiger partial charge < -0.3 is 4.74 Å². The fraction of sp³-hybridized carbons (Fsp3) is 0.500. The fourth-order valence-electron chi connectivity index (χ4n) is 2.56. The Bertz CT molecular complexity index is 695. The monoisotopic (exact) mass is 345 g/mol. The molecule has 0 radical (unpaired) electrons. The highest BCUT2D eigenvalue weighted by Crippen LogP contribution is 2.26. The van der Waals surface area contributed by atoms with E-state index >= 15 is 0 Å². The van der Waals surface area contributed by atoms with E-state index in [1.165, 1.54) is 25.3 Å². The van der Waals surface area contributed by atoms with Crippen LogP contribution in [0.5, 0.6) is 0 Å². The molecule has 3 atom stereocenters. The Kier molecular flexibility index (Phi) is 5.23. The number of hydrogen-bond acceptors (Lipinski definition) is 6. The van der Waals surface area contributed by atoms with Crippen LogP contribution in [0.2, 0.25) is 0 Å². The summed E-state index contributed by atoms with van der Waals surface area (Å²) < 4.78 is 45.8. The van der Waals surface area contributed by atoms with Crippen LogP contribution >= 0.6 is 0 Å². The summed E-state index contributed by atoms with van der Waals surface area (Å²) in [5, 5.41) is -1.26. The topological polar surface area (TPSA) is 96.5 Å². The van der Waals surface area contributed by atoms with Crippen LogP contribution in [0.4, 0.5) is 10.1 Å². The molecule has 3 N–H and O–H groups in total. The number of sulfonamides is 1. The molecule has 1 aliphatic rings. The van der Waals surface area contributed by atoms with E-state index in [0.29, 0.717) is 12.0 Å². The number of nitrogens with one attached hydrogen (secondary N) is 3. The number of ether oxygens (including phenoxy) is 1. The molecule has 128 valence electrons. The van der Waals surface area contributed by atoms with Crippen LogP contribution in [0.25, 0.3) is 0 Å². The van der Waals surface area contributed by atoms with Crippen molar-refractivity contribution in [2.45, 2.75) is 31.7 Å². The van der Waals surface area contributed by atoms with E-state index in [2.05, 4.69) is 15.6 Å². The van der Waals surface area contributed by atoms with Gasteiger partial charge in [-0.25, -0.2) is 18.2 Å². The minimum Gasteiger partial charge on any atom is -0.469 e. The number of halogens is 1. The lowest BCUT2D eigenvalue weighted by Crippen LogP contribution is -2.44. The summed E-state index contributed by atoms with van der Waals surface area (Å²) in [6.07, 6.45) is 0.525. The average Bonchev–Trinajstić information content (AvgIpc) is 2.94. The Morgan fingerprint density at radius 3 is 2.70 bits per heavy atom. The van der Waals surface area contributed by atoms with Crippen molar-refractivity contribution in [3.8, 4) is 0 Å². The second-order valence-electron chi connectivity index (χ2n) is 5.40. The molecular weight excluding hydrogens is 325 g/mol. The molecule has 1 aliphatic heterocycles. The zero-order valence-electron chi connectivity index (χ0n) is 13.1. The minimum absolute atomic E-state index is 0.157. The predicted molar refractivity (Wildman–Crippen MR) is 83.3 cm³/mol. The number of carbonyl (C=O) groups is 1. The lowest BCUT2D eigenvalue weighted by atomic mass is 10.00. The summed E-state index contributed by atoms with van der Waals surface area (Å²) in [6.45, 7) is 3.54. The maximum atomic E-state index is 13.8. The maximum Gasteiger partial charge on any atom is 0.313 e. The van der Waals surface area contributed by atoms with Crippen molar-refractivity contribution in [2.24, 2.45) is 5.92 Å². The normalized spacial score (nSPS) is 24.4. The van der Waals surface area contributed by atoms with Gasteiger partial charge in [0, 0.05) is 6.04 Å².